The number of hydrogen-bond acceptors (Lipinski definition) is 9. The second kappa shape index (κ2) is 26.2. The van der Waals surface area contributed by atoms with Crippen LogP contribution < -0.4 is 4.74 Å². The maximum atomic E-state index is 11.0. The lowest BCUT2D eigenvalue weighted by Crippen LogP contribution is -2.03. The van der Waals surface area contributed by atoms with Gasteiger partial charge in [-0.05, 0) is 78.7 Å². The summed E-state index contributed by atoms with van der Waals surface area (Å²) in [6.45, 7) is 6.82. The van der Waals surface area contributed by atoms with Crippen molar-refractivity contribution in [1.29, 1.82) is 0 Å². The molecule has 1 aromatic heterocycles. The fraction of sp³-hybridized carbons (Fsp3) is 0.178. The molecule has 54 heavy (non-hydrogen) atoms. The SMILES string of the molecule is CC(C=O)c1ccccc1.CCOC(=O)c1ccccc1.CCOc1ccc2ccccc2c1.COC(=O)c1ccccc1.COC(=O)c1cccnc1. The molecule has 0 saturated carbocycles. The average molecular weight is 730 g/mol. The Kier molecular flexibility index (Phi) is 21.1. The molecule has 0 bridgehead atoms. The molecule has 0 aliphatic carbocycles. The van der Waals surface area contributed by atoms with Gasteiger partial charge in [-0.2, -0.15) is 0 Å². The summed E-state index contributed by atoms with van der Waals surface area (Å²) < 4.78 is 19.2. The zero-order valence-corrected chi connectivity index (χ0v) is 31.3. The standard InChI is InChI=1S/C12H12O.C9H10O2.C9H10O.C8H8O2.C7H7NO2/c1-2-13-12-8-7-10-5-3-4-6-11(10)9-12;1-2-11-9(10)8-6-4-3-5-7-8;1-8(7-10)9-5-3-2-4-6-9;1-10-8(9)7-5-3-2-4-6-7;1-10-7(9)6-3-2-4-8-5-6/h3-9H,2H2,1H3;3-7H,2H2,1H3;2-8H,1H3;2-6H,1H3;2-5H,1H3. The van der Waals surface area contributed by atoms with Crippen LogP contribution in [0.2, 0.25) is 0 Å². The van der Waals surface area contributed by atoms with Gasteiger partial charge < -0.3 is 23.7 Å². The zero-order valence-electron chi connectivity index (χ0n) is 31.3. The molecule has 6 aromatic rings. The summed E-state index contributed by atoms with van der Waals surface area (Å²) in [5, 5.41) is 2.49. The van der Waals surface area contributed by atoms with Crippen molar-refractivity contribution in [3.8, 4) is 5.75 Å². The van der Waals surface area contributed by atoms with Crippen LogP contribution in [0, 0.1) is 0 Å². The summed E-state index contributed by atoms with van der Waals surface area (Å²) in [6, 6.07) is 45.4. The summed E-state index contributed by atoms with van der Waals surface area (Å²) >= 11 is 0. The highest BCUT2D eigenvalue weighted by atomic mass is 16.5. The number of aromatic nitrogens is 1. The minimum absolute atomic E-state index is 0.0289. The number of methoxy groups -OCH3 is 2. The first-order chi connectivity index (χ1) is 26.3. The Bertz CT molecular complexity index is 1890. The maximum Gasteiger partial charge on any atom is 0.339 e. The van der Waals surface area contributed by atoms with Gasteiger partial charge in [0.25, 0.3) is 0 Å². The second-order valence-electron chi connectivity index (χ2n) is 11.0. The van der Waals surface area contributed by atoms with Gasteiger partial charge in [0.15, 0.2) is 0 Å². The third kappa shape index (κ3) is 16.6. The van der Waals surface area contributed by atoms with E-state index in [1.54, 1.807) is 61.7 Å². The molecular weight excluding hydrogens is 682 g/mol. The van der Waals surface area contributed by atoms with E-state index in [-0.39, 0.29) is 23.8 Å². The molecular formula is C45H47NO8. The predicted octanol–water partition coefficient (Wildman–Crippen LogP) is 9.43. The van der Waals surface area contributed by atoms with E-state index >= 15 is 0 Å². The molecule has 0 spiro atoms. The molecule has 0 N–H and O–H groups in total. The first-order valence-electron chi connectivity index (χ1n) is 17.2. The molecule has 0 amide bonds. The Hall–Kier alpha value is -6.61. The van der Waals surface area contributed by atoms with Crippen LogP contribution >= 0.6 is 0 Å². The Morgan fingerprint density at radius 3 is 1.59 bits per heavy atom. The second-order valence-corrected chi connectivity index (χ2v) is 11.0. The normalized spacial score (nSPS) is 9.94. The molecule has 0 aliphatic rings. The first kappa shape index (κ1) is 43.6. The smallest absolute Gasteiger partial charge is 0.339 e. The van der Waals surface area contributed by atoms with Crippen LogP contribution in [0.3, 0.4) is 0 Å². The number of ether oxygens (including phenoxy) is 4. The van der Waals surface area contributed by atoms with Crippen LogP contribution in [0.4, 0.5) is 0 Å². The van der Waals surface area contributed by atoms with E-state index in [1.807, 2.05) is 86.6 Å². The Morgan fingerprint density at radius 1 is 0.593 bits per heavy atom. The summed E-state index contributed by atoms with van der Waals surface area (Å²) in [5.74, 6) is 0.0733. The molecule has 9 nitrogen and oxygen atoms in total. The minimum Gasteiger partial charge on any atom is -0.494 e. The minimum atomic E-state index is -0.354. The molecule has 6 rings (SSSR count). The topological polar surface area (TPSA) is 118 Å². The zero-order chi connectivity index (χ0) is 39.4. The highest BCUT2D eigenvalue weighted by Crippen LogP contribution is 2.20. The number of nitrogens with zero attached hydrogens (tertiary/aromatic N) is 1. The number of benzene rings is 5. The van der Waals surface area contributed by atoms with Gasteiger partial charge in [-0.25, -0.2) is 14.4 Å². The highest BCUT2D eigenvalue weighted by molar-refractivity contribution is 5.90. The molecule has 0 radical (unpaired) electrons. The van der Waals surface area contributed by atoms with Gasteiger partial charge >= 0.3 is 17.9 Å². The van der Waals surface area contributed by atoms with Crippen LogP contribution in [-0.4, -0.2) is 56.6 Å². The maximum absolute atomic E-state index is 11.0. The van der Waals surface area contributed by atoms with Crippen LogP contribution in [0.1, 0.15) is 63.3 Å². The fourth-order valence-electron chi connectivity index (χ4n) is 4.34. The number of carbonyl (C=O) groups is 4. The van der Waals surface area contributed by atoms with Gasteiger partial charge in [-0.1, -0.05) is 104 Å². The van der Waals surface area contributed by atoms with Gasteiger partial charge in [0, 0.05) is 18.3 Å². The summed E-state index contributed by atoms with van der Waals surface area (Å²) in [7, 11) is 2.71. The monoisotopic (exact) mass is 729 g/mol. The van der Waals surface area contributed by atoms with Gasteiger partial charge in [0.2, 0.25) is 0 Å². The van der Waals surface area contributed by atoms with E-state index in [2.05, 4.69) is 38.7 Å². The van der Waals surface area contributed by atoms with E-state index in [1.165, 1.54) is 31.2 Å². The number of pyridine rings is 1. The van der Waals surface area contributed by atoms with Crippen LogP contribution in [-0.2, 0) is 19.0 Å². The molecule has 9 heteroatoms. The predicted molar refractivity (Wildman–Crippen MR) is 212 cm³/mol. The van der Waals surface area contributed by atoms with E-state index < -0.39 is 0 Å². The Labute approximate surface area is 317 Å². The van der Waals surface area contributed by atoms with Crippen LogP contribution in [0.5, 0.6) is 5.75 Å². The van der Waals surface area contributed by atoms with Gasteiger partial charge in [-0.3, -0.25) is 4.98 Å². The molecule has 0 aliphatic heterocycles. The van der Waals surface area contributed by atoms with Crippen molar-refractivity contribution in [1.82, 2.24) is 4.98 Å². The number of rotatable bonds is 8. The Balaban J connectivity index is 0.000000235. The van der Waals surface area contributed by atoms with E-state index in [0.717, 1.165) is 24.2 Å². The lowest BCUT2D eigenvalue weighted by molar-refractivity contribution is -0.108. The van der Waals surface area contributed by atoms with Gasteiger partial charge in [-0.15, -0.1) is 0 Å². The molecule has 1 unspecified atom stereocenters. The van der Waals surface area contributed by atoms with Crippen molar-refractivity contribution < 1.29 is 38.1 Å². The van der Waals surface area contributed by atoms with Crippen LogP contribution in [0.25, 0.3) is 10.8 Å². The number of hydrogen-bond donors (Lipinski definition) is 0. The lowest BCUT2D eigenvalue weighted by atomic mass is 10.0. The van der Waals surface area contributed by atoms with E-state index in [0.29, 0.717) is 23.3 Å². The number of aldehydes is 1. The fourth-order valence-corrected chi connectivity index (χ4v) is 4.34. The third-order valence-corrected chi connectivity index (χ3v) is 7.12. The van der Waals surface area contributed by atoms with Gasteiger partial charge in [0.1, 0.15) is 12.0 Å². The van der Waals surface area contributed by atoms with Gasteiger partial charge in [0.05, 0.1) is 44.1 Å². The molecule has 0 fully saturated rings. The third-order valence-electron chi connectivity index (χ3n) is 7.12. The number of carbonyl (C=O) groups excluding carboxylic acids is 4. The number of fused-ring (bicyclic) bond motifs is 1. The summed E-state index contributed by atoms with van der Waals surface area (Å²) in [5.41, 5.74) is 2.75. The molecule has 280 valence electrons. The molecule has 1 atom stereocenters. The highest BCUT2D eigenvalue weighted by Gasteiger charge is 2.04. The average Bonchev–Trinajstić information content (AvgIpc) is 3.25. The van der Waals surface area contributed by atoms with Crippen molar-refractivity contribution in [2.45, 2.75) is 26.7 Å². The van der Waals surface area contributed by atoms with Crippen molar-refractivity contribution in [2.75, 3.05) is 27.4 Å². The van der Waals surface area contributed by atoms with E-state index in [9.17, 15) is 19.2 Å². The van der Waals surface area contributed by atoms with Crippen molar-refractivity contribution in [3.05, 3.63) is 180 Å². The molecule has 5 aromatic carbocycles. The largest absolute Gasteiger partial charge is 0.494 e. The first-order valence-corrected chi connectivity index (χ1v) is 17.2. The van der Waals surface area contributed by atoms with E-state index in [4.69, 9.17) is 9.47 Å². The summed E-state index contributed by atoms with van der Waals surface area (Å²) in [6.07, 6.45) is 4.02. The molecule has 0 saturated heterocycles. The number of esters is 3. The molecule has 1 heterocycles. The quantitative estimate of drug-likeness (QED) is 0.0858. The van der Waals surface area contributed by atoms with Crippen molar-refractivity contribution in [2.24, 2.45) is 0 Å². The van der Waals surface area contributed by atoms with Crippen molar-refractivity contribution in [3.63, 3.8) is 0 Å². The van der Waals surface area contributed by atoms with Crippen molar-refractivity contribution >= 4 is 35.0 Å². The summed E-state index contributed by atoms with van der Waals surface area (Å²) in [4.78, 5) is 46.6. The van der Waals surface area contributed by atoms with Crippen LogP contribution in [0.15, 0.2) is 158 Å². The lowest BCUT2D eigenvalue weighted by Gasteiger charge is -2.03. The Morgan fingerprint density at radius 2 is 1.09 bits per heavy atom.